The predicted octanol–water partition coefficient (Wildman–Crippen LogP) is 1.82. The number of likely N-dealkylation sites (N-methyl/N-ethyl adjacent to an activating group) is 1. The summed E-state index contributed by atoms with van der Waals surface area (Å²) in [7, 11) is 2.12. The van der Waals surface area contributed by atoms with Gasteiger partial charge in [-0.25, -0.2) is 9.97 Å². The molecule has 134 valence electrons. The highest BCUT2D eigenvalue weighted by Crippen LogP contribution is 2.16. The van der Waals surface area contributed by atoms with Crippen LogP contribution in [0.3, 0.4) is 0 Å². The summed E-state index contributed by atoms with van der Waals surface area (Å²) < 4.78 is 1.93. The van der Waals surface area contributed by atoms with Crippen molar-refractivity contribution in [1.82, 2.24) is 19.4 Å². The van der Waals surface area contributed by atoms with E-state index in [-0.39, 0.29) is 12.5 Å². The quantitative estimate of drug-likeness (QED) is 0.777. The number of carbonyl (C=O) groups is 1. The number of hydrogen-bond acceptors (Lipinski definition) is 5. The molecule has 7 heteroatoms. The van der Waals surface area contributed by atoms with Crippen LogP contribution in [0.4, 0.5) is 11.6 Å². The normalized spacial score (nSPS) is 15.3. The van der Waals surface area contributed by atoms with E-state index in [1.165, 1.54) is 0 Å². The predicted molar refractivity (Wildman–Crippen MR) is 102 cm³/mol. The maximum Gasteiger partial charge on any atom is 0.244 e. The molecule has 1 aliphatic heterocycles. The molecule has 3 heterocycles. The van der Waals surface area contributed by atoms with Crippen molar-refractivity contribution in [3.05, 3.63) is 48.9 Å². The average molecular weight is 350 g/mol. The van der Waals surface area contributed by atoms with Crippen LogP contribution in [0.2, 0.25) is 0 Å². The minimum atomic E-state index is -0.0951. The van der Waals surface area contributed by atoms with Gasteiger partial charge in [0.05, 0.1) is 18.1 Å². The number of anilines is 2. The molecule has 0 spiro atoms. The average Bonchev–Trinajstić information content (AvgIpc) is 3.06. The van der Waals surface area contributed by atoms with Crippen LogP contribution in [0.15, 0.2) is 48.9 Å². The summed E-state index contributed by atoms with van der Waals surface area (Å²) in [5.41, 5.74) is 1.66. The van der Waals surface area contributed by atoms with E-state index in [9.17, 15) is 4.79 Å². The number of para-hydroxylation sites is 1. The van der Waals surface area contributed by atoms with Crippen molar-refractivity contribution in [2.45, 2.75) is 6.54 Å². The van der Waals surface area contributed by atoms with Gasteiger partial charge in [-0.15, -0.1) is 0 Å². The molecule has 4 rings (SSSR count). The fraction of sp³-hybridized carbons (Fsp3) is 0.316. The first kappa shape index (κ1) is 16.5. The third-order valence-electron chi connectivity index (χ3n) is 4.70. The van der Waals surface area contributed by atoms with Crippen LogP contribution in [-0.2, 0) is 11.3 Å². The number of carbonyl (C=O) groups excluding carboxylic acids is 1. The summed E-state index contributed by atoms with van der Waals surface area (Å²) >= 11 is 0. The minimum absolute atomic E-state index is 0.0951. The smallest absolute Gasteiger partial charge is 0.244 e. The Morgan fingerprint density at radius 1 is 1.08 bits per heavy atom. The molecule has 1 fully saturated rings. The highest BCUT2D eigenvalue weighted by Gasteiger charge is 2.16. The molecule has 3 aromatic rings. The molecule has 0 atom stereocenters. The third-order valence-corrected chi connectivity index (χ3v) is 4.70. The van der Waals surface area contributed by atoms with Crippen molar-refractivity contribution in [3.8, 4) is 0 Å². The zero-order valence-electron chi connectivity index (χ0n) is 14.8. The van der Waals surface area contributed by atoms with E-state index < -0.39 is 0 Å². The van der Waals surface area contributed by atoms with Crippen molar-refractivity contribution in [3.63, 3.8) is 0 Å². The lowest BCUT2D eigenvalue weighted by Gasteiger charge is -2.32. The Balaban J connectivity index is 1.38. The standard InChI is InChI=1S/C19H22N6O/c1-23-8-10-24(11-9-23)19-20-12-16(13-21-19)22-18(26)14-25-7-6-15-4-2-3-5-17(15)25/h2-7,12-13H,8-11,14H2,1H3,(H,22,26). The van der Waals surface area contributed by atoms with Crippen LogP contribution in [-0.4, -0.2) is 58.6 Å². The van der Waals surface area contributed by atoms with Crippen LogP contribution >= 0.6 is 0 Å². The monoisotopic (exact) mass is 350 g/mol. The number of amides is 1. The van der Waals surface area contributed by atoms with Gasteiger partial charge >= 0.3 is 0 Å². The second kappa shape index (κ2) is 7.13. The Bertz CT molecular complexity index is 896. The zero-order valence-corrected chi connectivity index (χ0v) is 14.8. The number of fused-ring (bicyclic) bond motifs is 1. The van der Waals surface area contributed by atoms with E-state index in [2.05, 4.69) is 32.1 Å². The van der Waals surface area contributed by atoms with Gasteiger partial charge in [0.1, 0.15) is 6.54 Å². The molecule has 1 aliphatic rings. The van der Waals surface area contributed by atoms with Crippen LogP contribution in [0.5, 0.6) is 0 Å². The summed E-state index contributed by atoms with van der Waals surface area (Å²) in [5.74, 6) is 0.620. The van der Waals surface area contributed by atoms with Gasteiger partial charge in [0.25, 0.3) is 0 Å². The van der Waals surface area contributed by atoms with Crippen molar-refractivity contribution in [2.24, 2.45) is 0 Å². The summed E-state index contributed by atoms with van der Waals surface area (Å²) in [6.45, 7) is 4.11. The second-order valence-electron chi connectivity index (χ2n) is 6.61. The molecule has 0 radical (unpaired) electrons. The van der Waals surface area contributed by atoms with E-state index in [0.717, 1.165) is 37.1 Å². The number of hydrogen-bond donors (Lipinski definition) is 1. The van der Waals surface area contributed by atoms with Gasteiger partial charge in [0, 0.05) is 37.9 Å². The van der Waals surface area contributed by atoms with Crippen LogP contribution in [0.1, 0.15) is 0 Å². The molecule has 0 aliphatic carbocycles. The molecule has 2 aromatic heterocycles. The van der Waals surface area contributed by atoms with Crippen LogP contribution in [0, 0.1) is 0 Å². The number of nitrogens with one attached hydrogen (secondary N) is 1. The highest BCUT2D eigenvalue weighted by atomic mass is 16.1. The summed E-state index contributed by atoms with van der Waals surface area (Å²) in [5, 5.41) is 4.00. The second-order valence-corrected chi connectivity index (χ2v) is 6.61. The first-order chi connectivity index (χ1) is 12.7. The van der Waals surface area contributed by atoms with E-state index in [1.54, 1.807) is 12.4 Å². The number of rotatable bonds is 4. The van der Waals surface area contributed by atoms with Crippen molar-refractivity contribution in [2.75, 3.05) is 43.4 Å². The molecule has 0 bridgehead atoms. The van der Waals surface area contributed by atoms with Gasteiger partial charge in [0.2, 0.25) is 11.9 Å². The molecule has 1 saturated heterocycles. The van der Waals surface area contributed by atoms with Crippen molar-refractivity contribution < 1.29 is 4.79 Å². The number of piperazine rings is 1. The number of aromatic nitrogens is 3. The first-order valence-corrected chi connectivity index (χ1v) is 8.78. The molecule has 1 N–H and O–H groups in total. The lowest BCUT2D eigenvalue weighted by atomic mass is 10.2. The molecular weight excluding hydrogens is 328 g/mol. The Morgan fingerprint density at radius 3 is 2.58 bits per heavy atom. The van der Waals surface area contributed by atoms with Crippen molar-refractivity contribution in [1.29, 1.82) is 0 Å². The maximum atomic E-state index is 12.3. The highest BCUT2D eigenvalue weighted by molar-refractivity contribution is 5.91. The van der Waals surface area contributed by atoms with Gasteiger partial charge in [0.15, 0.2) is 0 Å². The third kappa shape index (κ3) is 3.52. The van der Waals surface area contributed by atoms with E-state index in [4.69, 9.17) is 0 Å². The SMILES string of the molecule is CN1CCN(c2ncc(NC(=O)Cn3ccc4ccccc43)cn2)CC1. The van der Waals surface area contributed by atoms with Crippen LogP contribution < -0.4 is 10.2 Å². The molecular formula is C19H22N6O. The fourth-order valence-corrected chi connectivity index (χ4v) is 3.19. The van der Waals surface area contributed by atoms with Gasteiger partial charge in [-0.1, -0.05) is 18.2 Å². The Hall–Kier alpha value is -2.93. The Kier molecular flexibility index (Phi) is 4.53. The van der Waals surface area contributed by atoms with Gasteiger partial charge in [-0.05, 0) is 24.6 Å². The summed E-state index contributed by atoms with van der Waals surface area (Å²) in [6, 6.07) is 10.0. The maximum absolute atomic E-state index is 12.3. The minimum Gasteiger partial charge on any atom is -0.338 e. The lowest BCUT2D eigenvalue weighted by Crippen LogP contribution is -2.45. The van der Waals surface area contributed by atoms with Gasteiger partial charge in [-0.3, -0.25) is 4.79 Å². The molecule has 0 unspecified atom stereocenters. The summed E-state index contributed by atoms with van der Waals surface area (Å²) in [4.78, 5) is 25.6. The molecule has 7 nitrogen and oxygen atoms in total. The zero-order chi connectivity index (χ0) is 17.9. The summed E-state index contributed by atoms with van der Waals surface area (Å²) in [6.07, 6.45) is 5.27. The van der Waals surface area contributed by atoms with E-state index in [1.807, 2.05) is 41.1 Å². The van der Waals surface area contributed by atoms with Crippen molar-refractivity contribution >= 4 is 28.4 Å². The topological polar surface area (TPSA) is 66.3 Å². The fourth-order valence-electron chi connectivity index (χ4n) is 3.19. The Labute approximate surface area is 152 Å². The van der Waals surface area contributed by atoms with Crippen LogP contribution in [0.25, 0.3) is 10.9 Å². The molecule has 1 amide bonds. The Morgan fingerprint density at radius 2 is 1.81 bits per heavy atom. The number of nitrogens with zero attached hydrogens (tertiary/aromatic N) is 5. The lowest BCUT2D eigenvalue weighted by molar-refractivity contribution is -0.116. The largest absolute Gasteiger partial charge is 0.338 e. The molecule has 1 aromatic carbocycles. The molecule has 0 saturated carbocycles. The van der Waals surface area contributed by atoms with Gasteiger partial charge in [-0.2, -0.15) is 0 Å². The van der Waals surface area contributed by atoms with E-state index in [0.29, 0.717) is 11.6 Å². The first-order valence-electron chi connectivity index (χ1n) is 8.78. The van der Waals surface area contributed by atoms with Gasteiger partial charge < -0.3 is 19.7 Å². The van der Waals surface area contributed by atoms with E-state index >= 15 is 0 Å². The molecule has 26 heavy (non-hydrogen) atoms. The number of benzene rings is 1.